The molecule has 0 unspecified atom stereocenters. The van der Waals surface area contributed by atoms with Gasteiger partial charge in [0.2, 0.25) is 5.95 Å². The predicted molar refractivity (Wildman–Crippen MR) is 103 cm³/mol. The Labute approximate surface area is 154 Å². The van der Waals surface area contributed by atoms with E-state index >= 15 is 0 Å². The van der Waals surface area contributed by atoms with E-state index in [4.69, 9.17) is 4.98 Å². The van der Waals surface area contributed by atoms with Crippen LogP contribution in [0.5, 0.6) is 0 Å². The summed E-state index contributed by atoms with van der Waals surface area (Å²) in [6.45, 7) is 1.93. The zero-order valence-electron chi connectivity index (χ0n) is 14.0. The summed E-state index contributed by atoms with van der Waals surface area (Å²) in [5.74, 6) is 0.506. The van der Waals surface area contributed by atoms with Crippen LogP contribution in [0.4, 0.5) is 11.6 Å². The van der Waals surface area contributed by atoms with Gasteiger partial charge in [0, 0.05) is 23.3 Å². The fraction of sp³-hybridized carbons (Fsp3) is 0.316. The highest BCUT2D eigenvalue weighted by molar-refractivity contribution is 9.10. The highest BCUT2D eigenvalue weighted by atomic mass is 79.9. The van der Waals surface area contributed by atoms with E-state index in [9.17, 15) is 4.79 Å². The maximum Gasteiger partial charge on any atom is 0.267 e. The van der Waals surface area contributed by atoms with Crippen LogP contribution in [0.1, 0.15) is 37.3 Å². The molecule has 2 aromatic heterocycles. The van der Waals surface area contributed by atoms with Crippen LogP contribution in [0, 0.1) is 6.92 Å². The van der Waals surface area contributed by atoms with Crippen LogP contribution >= 0.6 is 15.9 Å². The maximum absolute atomic E-state index is 12.9. The molecule has 0 radical (unpaired) electrons. The van der Waals surface area contributed by atoms with E-state index in [1.54, 1.807) is 6.20 Å². The molecule has 2 heterocycles. The van der Waals surface area contributed by atoms with Gasteiger partial charge in [-0.1, -0.05) is 31.0 Å². The molecular weight excluding hydrogens is 380 g/mol. The molecule has 6 heteroatoms. The van der Waals surface area contributed by atoms with Crippen LogP contribution in [0.15, 0.2) is 45.8 Å². The molecule has 0 amide bonds. The van der Waals surface area contributed by atoms with Gasteiger partial charge in [-0.15, -0.1) is 0 Å². The smallest absolute Gasteiger partial charge is 0.267 e. The monoisotopic (exact) mass is 398 g/mol. The average Bonchev–Trinajstić information content (AvgIpc) is 3.15. The molecule has 1 aliphatic carbocycles. The molecule has 25 heavy (non-hydrogen) atoms. The molecule has 1 aliphatic rings. The summed E-state index contributed by atoms with van der Waals surface area (Å²) in [7, 11) is 0. The molecule has 1 saturated carbocycles. The fourth-order valence-electron chi connectivity index (χ4n) is 3.51. The Morgan fingerprint density at radius 1 is 1.20 bits per heavy atom. The second-order valence-corrected chi connectivity index (χ2v) is 7.27. The number of hydrogen-bond acceptors (Lipinski definition) is 4. The Bertz CT molecular complexity index is 978. The molecule has 0 bridgehead atoms. The molecule has 128 valence electrons. The van der Waals surface area contributed by atoms with Crippen LogP contribution in [0.2, 0.25) is 0 Å². The first-order valence-electron chi connectivity index (χ1n) is 8.54. The molecule has 0 spiro atoms. The van der Waals surface area contributed by atoms with Gasteiger partial charge in [-0.05, 0) is 53.4 Å². The number of hydrogen-bond donors (Lipinski definition) is 1. The lowest BCUT2D eigenvalue weighted by molar-refractivity contribution is 0.514. The molecule has 5 nitrogen and oxygen atoms in total. The van der Waals surface area contributed by atoms with Crippen molar-refractivity contribution in [3.05, 3.63) is 56.9 Å². The molecule has 1 aromatic carbocycles. The Morgan fingerprint density at radius 2 is 1.92 bits per heavy atom. The Balaban J connectivity index is 1.89. The quantitative estimate of drug-likeness (QED) is 0.692. The van der Waals surface area contributed by atoms with Crippen molar-refractivity contribution in [2.75, 3.05) is 5.32 Å². The number of fused-ring (bicyclic) bond motifs is 1. The predicted octanol–water partition coefficient (Wildman–Crippen LogP) is 4.72. The van der Waals surface area contributed by atoms with Crippen LogP contribution < -0.4 is 10.9 Å². The summed E-state index contributed by atoms with van der Waals surface area (Å²) >= 11 is 3.47. The number of aromatic nitrogens is 3. The van der Waals surface area contributed by atoms with Gasteiger partial charge < -0.3 is 5.32 Å². The van der Waals surface area contributed by atoms with E-state index in [1.807, 2.05) is 41.8 Å². The van der Waals surface area contributed by atoms with E-state index in [2.05, 4.69) is 26.2 Å². The van der Waals surface area contributed by atoms with Crippen molar-refractivity contribution in [2.45, 2.75) is 38.6 Å². The van der Waals surface area contributed by atoms with Crippen LogP contribution in [0.25, 0.3) is 11.0 Å². The normalized spacial score (nSPS) is 15.0. The molecule has 0 atom stereocenters. The van der Waals surface area contributed by atoms with Crippen LogP contribution in [-0.4, -0.2) is 14.5 Å². The van der Waals surface area contributed by atoms with Gasteiger partial charge in [0.05, 0.1) is 4.47 Å². The Morgan fingerprint density at radius 3 is 2.64 bits per heavy atom. The molecule has 4 rings (SSSR count). The number of benzene rings is 1. The first-order valence-corrected chi connectivity index (χ1v) is 9.34. The summed E-state index contributed by atoms with van der Waals surface area (Å²) in [4.78, 5) is 22.0. The Kier molecular flexibility index (Phi) is 4.29. The number of halogens is 1. The number of rotatable bonds is 3. The SMILES string of the molecule is Cc1c(Br)c(=O)n(C2CCCC2)c2nc(Nc3ccccc3)ncc12. The molecule has 1 fully saturated rings. The minimum Gasteiger partial charge on any atom is -0.324 e. The second kappa shape index (κ2) is 6.59. The van der Waals surface area contributed by atoms with Crippen molar-refractivity contribution in [1.29, 1.82) is 0 Å². The zero-order chi connectivity index (χ0) is 17.4. The standard InChI is InChI=1S/C19H19BrN4O/c1-12-15-11-21-19(22-13-7-3-2-4-8-13)23-17(15)24(18(25)16(12)20)14-9-5-6-10-14/h2-4,7-8,11,14H,5-6,9-10H2,1H3,(H,21,22,23). The van der Waals surface area contributed by atoms with Gasteiger partial charge in [-0.25, -0.2) is 4.98 Å². The van der Waals surface area contributed by atoms with E-state index in [0.717, 1.165) is 42.3 Å². The molecular formula is C19H19BrN4O. The summed E-state index contributed by atoms with van der Waals surface area (Å²) in [6, 6.07) is 10.0. The van der Waals surface area contributed by atoms with Crippen LogP contribution in [-0.2, 0) is 0 Å². The first kappa shape index (κ1) is 16.3. The molecule has 0 aliphatic heterocycles. The number of para-hydroxylation sites is 1. The number of nitrogens with zero attached hydrogens (tertiary/aromatic N) is 3. The summed E-state index contributed by atoms with van der Waals surface area (Å²) in [6.07, 6.45) is 6.17. The highest BCUT2D eigenvalue weighted by Gasteiger charge is 2.23. The topological polar surface area (TPSA) is 59.8 Å². The van der Waals surface area contributed by atoms with Gasteiger partial charge in [-0.2, -0.15) is 4.98 Å². The first-order chi connectivity index (χ1) is 12.1. The van der Waals surface area contributed by atoms with E-state index in [-0.39, 0.29) is 11.6 Å². The zero-order valence-corrected chi connectivity index (χ0v) is 15.6. The van der Waals surface area contributed by atoms with E-state index in [0.29, 0.717) is 16.1 Å². The van der Waals surface area contributed by atoms with Crippen molar-refractivity contribution in [3.63, 3.8) is 0 Å². The van der Waals surface area contributed by atoms with Crippen molar-refractivity contribution in [1.82, 2.24) is 14.5 Å². The van der Waals surface area contributed by atoms with E-state index < -0.39 is 0 Å². The van der Waals surface area contributed by atoms with Crippen molar-refractivity contribution < 1.29 is 0 Å². The Hall–Kier alpha value is -2.21. The van der Waals surface area contributed by atoms with Gasteiger partial charge in [-0.3, -0.25) is 9.36 Å². The molecule has 0 saturated heterocycles. The lowest BCUT2D eigenvalue weighted by Gasteiger charge is -2.18. The minimum atomic E-state index is 0.00117. The number of anilines is 2. The average molecular weight is 399 g/mol. The third kappa shape index (κ3) is 2.95. The number of pyridine rings is 1. The summed E-state index contributed by atoms with van der Waals surface area (Å²) < 4.78 is 2.47. The van der Waals surface area contributed by atoms with Gasteiger partial charge in [0.25, 0.3) is 5.56 Å². The van der Waals surface area contributed by atoms with Gasteiger partial charge >= 0.3 is 0 Å². The van der Waals surface area contributed by atoms with Crippen molar-refractivity contribution in [2.24, 2.45) is 0 Å². The van der Waals surface area contributed by atoms with E-state index in [1.165, 1.54) is 0 Å². The largest absolute Gasteiger partial charge is 0.324 e. The summed E-state index contributed by atoms with van der Waals surface area (Å²) in [5, 5.41) is 4.13. The number of aryl methyl sites for hydroxylation is 1. The van der Waals surface area contributed by atoms with Gasteiger partial charge in [0.15, 0.2) is 0 Å². The number of nitrogens with one attached hydrogen (secondary N) is 1. The lowest BCUT2D eigenvalue weighted by atomic mass is 10.1. The summed E-state index contributed by atoms with van der Waals surface area (Å²) in [5.41, 5.74) is 2.53. The third-order valence-electron chi connectivity index (χ3n) is 4.86. The second-order valence-electron chi connectivity index (χ2n) is 6.47. The minimum absolute atomic E-state index is 0.00117. The highest BCUT2D eigenvalue weighted by Crippen LogP contribution is 2.32. The third-order valence-corrected chi connectivity index (χ3v) is 5.79. The van der Waals surface area contributed by atoms with Crippen LogP contribution in [0.3, 0.4) is 0 Å². The lowest BCUT2D eigenvalue weighted by Crippen LogP contribution is -2.26. The van der Waals surface area contributed by atoms with Crippen molar-refractivity contribution >= 4 is 38.6 Å². The van der Waals surface area contributed by atoms with Gasteiger partial charge in [0.1, 0.15) is 5.65 Å². The molecule has 3 aromatic rings. The van der Waals surface area contributed by atoms with Crippen molar-refractivity contribution in [3.8, 4) is 0 Å². The fourth-order valence-corrected chi connectivity index (χ4v) is 3.92. The molecule has 1 N–H and O–H groups in total. The maximum atomic E-state index is 12.9.